The molecule has 5 rings (SSSR count). The van der Waals surface area contributed by atoms with E-state index in [1.165, 1.54) is 12.1 Å². The van der Waals surface area contributed by atoms with Crippen LogP contribution in [0.1, 0.15) is 29.5 Å². The topological polar surface area (TPSA) is 60.9 Å². The monoisotopic (exact) mass is 514 g/mol. The normalized spacial score (nSPS) is 12.9. The summed E-state index contributed by atoms with van der Waals surface area (Å²) < 4.78 is 30.3. The van der Waals surface area contributed by atoms with Gasteiger partial charge >= 0.3 is 0 Å². The number of fused-ring (bicyclic) bond motifs is 1. The van der Waals surface area contributed by atoms with E-state index in [2.05, 4.69) is 13.0 Å². The minimum atomic E-state index is -0.314. The lowest BCUT2D eigenvalue weighted by molar-refractivity contribution is -0.131. The lowest BCUT2D eigenvalue weighted by atomic mass is 9.98. The van der Waals surface area contributed by atoms with Crippen molar-refractivity contribution in [2.45, 2.75) is 38.8 Å². The van der Waals surface area contributed by atoms with Gasteiger partial charge in [-0.05, 0) is 54.7 Å². The molecule has 0 N–H and O–H groups in total. The molecule has 1 aliphatic carbocycles. The Morgan fingerprint density at radius 2 is 1.68 bits per heavy atom. The second-order valence-electron chi connectivity index (χ2n) is 9.58. The summed E-state index contributed by atoms with van der Waals surface area (Å²) in [5, 5.41) is 0.777. The van der Waals surface area contributed by atoms with Crippen molar-refractivity contribution in [2.75, 3.05) is 21.3 Å². The zero-order valence-corrected chi connectivity index (χ0v) is 22.1. The number of amides is 1. The largest absolute Gasteiger partial charge is 0.493 e. The minimum Gasteiger partial charge on any atom is -0.493 e. The van der Waals surface area contributed by atoms with Crippen LogP contribution in [0.15, 0.2) is 60.7 Å². The molecule has 3 aromatic carbocycles. The third kappa shape index (κ3) is 5.01. The molecule has 0 saturated heterocycles. The number of benzene rings is 3. The summed E-state index contributed by atoms with van der Waals surface area (Å²) in [6.07, 6.45) is 2.14. The Morgan fingerprint density at radius 1 is 0.974 bits per heavy atom. The van der Waals surface area contributed by atoms with Gasteiger partial charge in [0.15, 0.2) is 11.5 Å². The fraction of sp³-hybridized carbons (Fsp3) is 0.290. The van der Waals surface area contributed by atoms with Crippen molar-refractivity contribution >= 4 is 16.8 Å². The summed E-state index contributed by atoms with van der Waals surface area (Å²) in [7, 11) is 4.75. The number of carbonyl (C=O) groups excluding carboxylic acids is 1. The summed E-state index contributed by atoms with van der Waals surface area (Å²) >= 11 is 0. The van der Waals surface area contributed by atoms with Crippen LogP contribution in [-0.2, 0) is 17.8 Å². The molecular weight excluding hydrogens is 483 g/mol. The molecule has 1 fully saturated rings. The maximum absolute atomic E-state index is 13.5. The molecule has 0 atom stereocenters. The van der Waals surface area contributed by atoms with Crippen LogP contribution in [0.3, 0.4) is 0 Å². The van der Waals surface area contributed by atoms with Crippen LogP contribution in [0.5, 0.6) is 17.2 Å². The van der Waals surface area contributed by atoms with Crippen LogP contribution >= 0.6 is 0 Å². The van der Waals surface area contributed by atoms with Crippen LogP contribution in [0, 0.1) is 12.7 Å². The van der Waals surface area contributed by atoms with Gasteiger partial charge in [0, 0.05) is 29.6 Å². The van der Waals surface area contributed by atoms with Gasteiger partial charge < -0.3 is 19.1 Å². The summed E-state index contributed by atoms with van der Waals surface area (Å²) in [4.78, 5) is 20.5. The smallest absolute Gasteiger partial charge is 0.227 e. The van der Waals surface area contributed by atoms with Crippen LogP contribution in [0.2, 0.25) is 0 Å². The average molecular weight is 515 g/mol. The van der Waals surface area contributed by atoms with E-state index in [4.69, 9.17) is 19.2 Å². The molecule has 1 aromatic heterocycles. The van der Waals surface area contributed by atoms with Crippen LogP contribution in [-0.4, -0.2) is 43.2 Å². The predicted molar refractivity (Wildman–Crippen MR) is 145 cm³/mol. The van der Waals surface area contributed by atoms with Gasteiger partial charge in [-0.3, -0.25) is 4.79 Å². The van der Waals surface area contributed by atoms with E-state index in [9.17, 15) is 9.18 Å². The first-order chi connectivity index (χ1) is 18.4. The number of nitrogens with zero attached hydrogens (tertiary/aromatic N) is 2. The van der Waals surface area contributed by atoms with Crippen LogP contribution in [0.4, 0.5) is 4.39 Å². The molecule has 0 unspecified atom stereocenters. The second-order valence-corrected chi connectivity index (χ2v) is 9.58. The molecule has 1 amide bonds. The highest BCUT2D eigenvalue weighted by Gasteiger charge is 2.33. The van der Waals surface area contributed by atoms with Gasteiger partial charge in [0.2, 0.25) is 11.7 Å². The lowest BCUT2D eigenvalue weighted by Crippen LogP contribution is -2.34. The summed E-state index contributed by atoms with van der Waals surface area (Å²) in [5.41, 5.74) is 5.30. The highest BCUT2D eigenvalue weighted by molar-refractivity contribution is 5.93. The van der Waals surface area contributed by atoms with Gasteiger partial charge in [-0.1, -0.05) is 36.4 Å². The summed E-state index contributed by atoms with van der Waals surface area (Å²) in [6, 6.07) is 18.3. The molecule has 1 saturated carbocycles. The number of ether oxygens (including phenoxy) is 3. The fourth-order valence-electron chi connectivity index (χ4n) is 4.89. The van der Waals surface area contributed by atoms with Gasteiger partial charge in [-0.15, -0.1) is 0 Å². The zero-order valence-electron chi connectivity index (χ0n) is 22.1. The maximum atomic E-state index is 13.5. The fourth-order valence-corrected chi connectivity index (χ4v) is 4.89. The number of aromatic nitrogens is 1. The number of pyridine rings is 1. The van der Waals surface area contributed by atoms with Crippen molar-refractivity contribution in [3.8, 4) is 28.5 Å². The minimum absolute atomic E-state index is 0.00853. The lowest BCUT2D eigenvalue weighted by Gasteiger charge is -2.25. The molecule has 0 radical (unpaired) electrons. The SMILES string of the molecule is COc1cc2nc(-c3ccccc3C)c(CN(C(=O)Cc3ccc(F)cc3)C3CC3)cc2c(OC)c1OC. The van der Waals surface area contributed by atoms with Crippen molar-refractivity contribution in [1.29, 1.82) is 0 Å². The first kappa shape index (κ1) is 25.5. The Bertz CT molecular complexity index is 1480. The average Bonchev–Trinajstić information content (AvgIpc) is 3.77. The van der Waals surface area contributed by atoms with Gasteiger partial charge in [0.25, 0.3) is 0 Å². The number of hydrogen-bond acceptors (Lipinski definition) is 5. The van der Waals surface area contributed by atoms with Crippen molar-refractivity contribution in [3.05, 3.63) is 83.2 Å². The molecule has 0 aliphatic heterocycles. The van der Waals surface area contributed by atoms with Crippen molar-refractivity contribution in [1.82, 2.24) is 9.88 Å². The molecule has 1 aliphatic rings. The number of halogens is 1. The van der Waals surface area contributed by atoms with Crippen molar-refractivity contribution < 1.29 is 23.4 Å². The van der Waals surface area contributed by atoms with Crippen molar-refractivity contribution in [2.24, 2.45) is 0 Å². The molecular formula is C31H31FN2O4. The number of methoxy groups -OCH3 is 3. The molecule has 4 aromatic rings. The summed E-state index contributed by atoms with van der Waals surface area (Å²) in [5.74, 6) is 1.25. The first-order valence-electron chi connectivity index (χ1n) is 12.7. The van der Waals surface area contributed by atoms with Crippen LogP contribution < -0.4 is 14.2 Å². The molecule has 6 nitrogen and oxygen atoms in total. The third-order valence-electron chi connectivity index (χ3n) is 7.02. The van der Waals surface area contributed by atoms with Gasteiger partial charge in [-0.25, -0.2) is 9.37 Å². The van der Waals surface area contributed by atoms with E-state index in [-0.39, 0.29) is 24.2 Å². The zero-order chi connectivity index (χ0) is 26.8. The Balaban J connectivity index is 1.63. The first-order valence-corrected chi connectivity index (χ1v) is 12.7. The molecule has 1 heterocycles. The van der Waals surface area contributed by atoms with E-state index in [1.807, 2.05) is 35.2 Å². The highest BCUT2D eigenvalue weighted by Crippen LogP contribution is 2.44. The van der Waals surface area contributed by atoms with Gasteiger partial charge in [0.1, 0.15) is 5.82 Å². The van der Waals surface area contributed by atoms with E-state index in [0.717, 1.165) is 46.2 Å². The van der Waals surface area contributed by atoms with E-state index in [0.29, 0.717) is 29.3 Å². The maximum Gasteiger partial charge on any atom is 0.227 e. The number of rotatable bonds is 9. The van der Waals surface area contributed by atoms with E-state index in [1.54, 1.807) is 33.5 Å². The van der Waals surface area contributed by atoms with Gasteiger partial charge in [-0.2, -0.15) is 0 Å². The van der Waals surface area contributed by atoms with Gasteiger partial charge in [0.05, 0.1) is 39.0 Å². The second kappa shape index (κ2) is 10.7. The third-order valence-corrected chi connectivity index (χ3v) is 7.02. The predicted octanol–water partition coefficient (Wildman–Crippen LogP) is 6.11. The summed E-state index contributed by atoms with van der Waals surface area (Å²) in [6.45, 7) is 2.45. The molecule has 0 spiro atoms. The standard InChI is InChI=1S/C31H31FN2O4/c1-19-7-5-6-8-24(19)29-21(16-25-26(33-29)17-27(36-2)31(38-4)30(25)37-3)18-34(23-13-14-23)28(35)15-20-9-11-22(32)12-10-20/h5-12,16-17,23H,13-15,18H2,1-4H3. The quantitative estimate of drug-likeness (QED) is 0.270. The number of hydrogen-bond donors (Lipinski definition) is 0. The molecule has 196 valence electrons. The Hall–Kier alpha value is -4.13. The Morgan fingerprint density at radius 3 is 2.32 bits per heavy atom. The number of aryl methyl sites for hydroxylation is 1. The van der Waals surface area contributed by atoms with Crippen LogP contribution in [0.25, 0.3) is 22.2 Å². The Kier molecular flexibility index (Phi) is 7.18. The number of carbonyl (C=O) groups is 1. The Labute approximate surface area is 222 Å². The molecule has 0 bridgehead atoms. The molecule has 7 heteroatoms. The molecule has 38 heavy (non-hydrogen) atoms. The van der Waals surface area contributed by atoms with E-state index >= 15 is 0 Å². The van der Waals surface area contributed by atoms with E-state index < -0.39 is 0 Å². The van der Waals surface area contributed by atoms with Crippen molar-refractivity contribution in [3.63, 3.8) is 0 Å². The highest BCUT2D eigenvalue weighted by atomic mass is 19.1.